The number of hydrogen-bond acceptors (Lipinski definition) is 6. The Balaban J connectivity index is 1.69. The number of nitrogens with zero attached hydrogens (tertiary/aromatic N) is 4. The number of ether oxygens (including phenoxy) is 2. The Morgan fingerprint density at radius 2 is 2.07 bits per heavy atom. The Labute approximate surface area is 174 Å². The first-order valence-corrected chi connectivity index (χ1v) is 10.4. The van der Waals surface area contributed by atoms with Crippen LogP contribution in [0.2, 0.25) is 0 Å². The van der Waals surface area contributed by atoms with Crippen LogP contribution in [0.3, 0.4) is 0 Å². The summed E-state index contributed by atoms with van der Waals surface area (Å²) < 4.78 is 15.6. The fourth-order valence-corrected chi connectivity index (χ4v) is 3.93. The molecule has 0 aliphatic rings. The minimum Gasteiger partial charge on any atom is -0.493 e. The summed E-state index contributed by atoms with van der Waals surface area (Å²) >= 11 is 7.32. The molecular formula is C20H26N4O2S2. The molecule has 2 aromatic heterocycles. The van der Waals surface area contributed by atoms with E-state index in [0.717, 1.165) is 40.6 Å². The van der Waals surface area contributed by atoms with Gasteiger partial charge in [0.15, 0.2) is 16.3 Å². The lowest BCUT2D eigenvalue weighted by atomic mass is 10.2. The van der Waals surface area contributed by atoms with E-state index in [0.29, 0.717) is 13.3 Å². The molecule has 0 saturated heterocycles. The topological polar surface area (TPSA) is 44.5 Å². The van der Waals surface area contributed by atoms with Crippen molar-refractivity contribution < 1.29 is 9.47 Å². The predicted molar refractivity (Wildman–Crippen MR) is 115 cm³/mol. The van der Waals surface area contributed by atoms with Crippen LogP contribution in [-0.2, 0) is 26.7 Å². The molecule has 0 radical (unpaired) electrons. The molecule has 0 unspecified atom stereocenters. The molecule has 0 amide bonds. The van der Waals surface area contributed by atoms with Crippen LogP contribution in [0, 0.1) is 4.77 Å². The summed E-state index contributed by atoms with van der Waals surface area (Å²) in [6, 6.07) is 10.2. The molecule has 0 aliphatic heterocycles. The maximum absolute atomic E-state index is 5.59. The Morgan fingerprint density at radius 3 is 2.75 bits per heavy atom. The van der Waals surface area contributed by atoms with Gasteiger partial charge >= 0.3 is 0 Å². The van der Waals surface area contributed by atoms with Gasteiger partial charge in [0.25, 0.3) is 0 Å². The highest BCUT2D eigenvalue weighted by atomic mass is 32.1. The molecule has 6 nitrogen and oxygen atoms in total. The van der Waals surface area contributed by atoms with Crippen LogP contribution in [0.15, 0.2) is 35.7 Å². The van der Waals surface area contributed by atoms with Gasteiger partial charge in [0.1, 0.15) is 5.82 Å². The quantitative estimate of drug-likeness (QED) is 0.490. The molecular weight excluding hydrogens is 392 g/mol. The van der Waals surface area contributed by atoms with Crippen molar-refractivity contribution in [3.63, 3.8) is 0 Å². The van der Waals surface area contributed by atoms with Gasteiger partial charge in [-0.05, 0) is 55.3 Å². The Kier molecular flexibility index (Phi) is 6.88. The molecule has 3 aromatic rings. The van der Waals surface area contributed by atoms with Crippen LogP contribution in [0.1, 0.15) is 23.2 Å². The lowest BCUT2D eigenvalue weighted by Crippen LogP contribution is -2.22. The third-order valence-electron chi connectivity index (χ3n) is 4.40. The molecule has 2 heterocycles. The maximum Gasteiger partial charge on any atom is 0.198 e. The Morgan fingerprint density at radius 1 is 1.25 bits per heavy atom. The van der Waals surface area contributed by atoms with Gasteiger partial charge in [-0.25, -0.2) is 4.68 Å². The van der Waals surface area contributed by atoms with Gasteiger partial charge in [0, 0.05) is 24.9 Å². The van der Waals surface area contributed by atoms with E-state index in [-0.39, 0.29) is 0 Å². The van der Waals surface area contributed by atoms with Gasteiger partial charge in [0.05, 0.1) is 20.4 Å². The van der Waals surface area contributed by atoms with Crippen molar-refractivity contribution in [2.24, 2.45) is 7.05 Å². The summed E-state index contributed by atoms with van der Waals surface area (Å²) in [7, 11) is 5.69. The normalized spacial score (nSPS) is 11.2. The van der Waals surface area contributed by atoms with Crippen LogP contribution in [0.25, 0.3) is 0 Å². The summed E-state index contributed by atoms with van der Waals surface area (Å²) in [5, 5.41) is 6.82. The summed E-state index contributed by atoms with van der Waals surface area (Å²) in [5.74, 6) is 2.49. The van der Waals surface area contributed by atoms with Crippen LogP contribution < -0.4 is 9.47 Å². The Bertz CT molecular complexity index is 963. The molecule has 0 spiro atoms. The fourth-order valence-electron chi connectivity index (χ4n) is 3.02. The van der Waals surface area contributed by atoms with Crippen LogP contribution >= 0.6 is 23.6 Å². The highest BCUT2D eigenvalue weighted by Crippen LogP contribution is 2.28. The molecule has 28 heavy (non-hydrogen) atoms. The molecule has 0 bridgehead atoms. The second-order valence-electron chi connectivity index (χ2n) is 6.59. The minimum atomic E-state index is 0.612. The van der Waals surface area contributed by atoms with E-state index in [9.17, 15) is 0 Å². The number of aromatic nitrogens is 3. The lowest BCUT2D eigenvalue weighted by Gasteiger charge is -2.18. The molecule has 0 aliphatic carbocycles. The Hall–Kier alpha value is -2.16. The highest BCUT2D eigenvalue weighted by Gasteiger charge is 2.12. The first kappa shape index (κ1) is 20.6. The van der Waals surface area contributed by atoms with E-state index in [4.69, 9.17) is 26.8 Å². The van der Waals surface area contributed by atoms with Crippen LogP contribution in [-0.4, -0.2) is 40.0 Å². The maximum atomic E-state index is 5.59. The van der Waals surface area contributed by atoms with Gasteiger partial charge < -0.3 is 14.0 Å². The third-order valence-corrected chi connectivity index (χ3v) is 5.76. The molecule has 1 aromatic carbocycles. The summed E-state index contributed by atoms with van der Waals surface area (Å²) in [5.41, 5.74) is 1.14. The third kappa shape index (κ3) is 4.81. The first-order chi connectivity index (χ1) is 13.5. The number of thiophene rings is 1. The summed E-state index contributed by atoms with van der Waals surface area (Å²) in [4.78, 5) is 3.46. The van der Waals surface area contributed by atoms with Gasteiger partial charge in [-0.2, -0.15) is 5.10 Å². The fraction of sp³-hybridized carbons (Fsp3) is 0.400. The van der Waals surface area contributed by atoms with Gasteiger partial charge in [-0.15, -0.1) is 11.3 Å². The zero-order chi connectivity index (χ0) is 20.1. The van der Waals surface area contributed by atoms with E-state index >= 15 is 0 Å². The average Bonchev–Trinajstić information content (AvgIpc) is 3.28. The molecule has 0 saturated carbocycles. The number of rotatable bonds is 9. The van der Waals surface area contributed by atoms with Crippen molar-refractivity contribution in [1.82, 2.24) is 19.2 Å². The van der Waals surface area contributed by atoms with Crippen molar-refractivity contribution in [2.75, 3.05) is 20.8 Å². The van der Waals surface area contributed by atoms with Crippen molar-refractivity contribution in [1.29, 1.82) is 0 Å². The zero-order valence-electron chi connectivity index (χ0n) is 16.7. The smallest absolute Gasteiger partial charge is 0.198 e. The highest BCUT2D eigenvalue weighted by molar-refractivity contribution is 7.71. The van der Waals surface area contributed by atoms with Crippen LogP contribution in [0.4, 0.5) is 0 Å². The van der Waals surface area contributed by atoms with Crippen molar-refractivity contribution in [3.05, 3.63) is 56.7 Å². The number of benzene rings is 1. The monoisotopic (exact) mass is 418 g/mol. The summed E-state index contributed by atoms with van der Waals surface area (Å²) in [6.07, 6.45) is 0.796. The van der Waals surface area contributed by atoms with E-state index in [2.05, 4.69) is 35.5 Å². The second kappa shape index (κ2) is 9.36. The SMILES string of the molecule is CCOc1ccc(CN(C)Cn2nc(Cc3cccs3)n(C)c2=S)cc1OC. The van der Waals surface area contributed by atoms with E-state index < -0.39 is 0 Å². The number of hydrogen-bond donors (Lipinski definition) is 0. The molecule has 0 N–H and O–H groups in total. The number of methoxy groups -OCH3 is 1. The van der Waals surface area contributed by atoms with Crippen molar-refractivity contribution >= 4 is 23.6 Å². The first-order valence-electron chi connectivity index (χ1n) is 9.15. The molecule has 3 rings (SSSR count). The van der Waals surface area contributed by atoms with Gasteiger partial charge in [0.2, 0.25) is 0 Å². The second-order valence-corrected chi connectivity index (χ2v) is 7.98. The van der Waals surface area contributed by atoms with Crippen molar-refractivity contribution in [2.45, 2.75) is 26.6 Å². The standard InChI is InChI=1S/C20H26N4O2S2/c1-5-26-17-9-8-15(11-18(17)25-4)13-22(2)14-24-20(27)23(3)19(21-24)12-16-7-6-10-28-16/h6-11H,5,12-14H2,1-4H3. The molecule has 0 atom stereocenters. The summed E-state index contributed by atoms with van der Waals surface area (Å²) in [6.45, 7) is 3.94. The van der Waals surface area contributed by atoms with E-state index in [1.807, 2.05) is 35.4 Å². The average molecular weight is 419 g/mol. The van der Waals surface area contributed by atoms with E-state index in [1.54, 1.807) is 18.4 Å². The minimum absolute atomic E-state index is 0.612. The molecule has 150 valence electrons. The molecule has 0 fully saturated rings. The van der Waals surface area contributed by atoms with Crippen molar-refractivity contribution in [3.8, 4) is 11.5 Å². The molecule has 8 heteroatoms. The zero-order valence-corrected chi connectivity index (χ0v) is 18.3. The van der Waals surface area contributed by atoms with Gasteiger partial charge in [-0.1, -0.05) is 12.1 Å². The largest absolute Gasteiger partial charge is 0.493 e. The van der Waals surface area contributed by atoms with Gasteiger partial charge in [-0.3, -0.25) is 4.90 Å². The van der Waals surface area contributed by atoms with Crippen LogP contribution in [0.5, 0.6) is 11.5 Å². The predicted octanol–water partition coefficient (Wildman–Crippen LogP) is 4.10. The van der Waals surface area contributed by atoms with E-state index in [1.165, 1.54) is 4.88 Å². The lowest BCUT2D eigenvalue weighted by molar-refractivity contribution is 0.243.